The molecule has 0 unspecified atom stereocenters. The number of nitrogens with two attached hydrogens (primary N) is 4. The number of fused-ring (bicyclic) bond motifs is 8. The van der Waals surface area contributed by atoms with E-state index in [1.165, 1.54) is 25.3 Å². The van der Waals surface area contributed by atoms with Crippen LogP contribution in [0.15, 0.2) is 245 Å². The minimum Gasteiger partial charge on any atom is -0.390 e. The summed E-state index contributed by atoms with van der Waals surface area (Å²) in [7, 11) is 0. The summed E-state index contributed by atoms with van der Waals surface area (Å²) in [6, 6.07) is 62.8. The fourth-order valence-electron chi connectivity index (χ4n) is 16.7. The molecule has 0 spiro atoms. The first kappa shape index (κ1) is 83.4. The van der Waals surface area contributed by atoms with Gasteiger partial charge >= 0.3 is 0 Å². The molecule has 12 aromatic heterocycles. The summed E-state index contributed by atoms with van der Waals surface area (Å²) in [5.74, 6) is 1.19. The summed E-state index contributed by atoms with van der Waals surface area (Å²) in [5.41, 5.74) is 41.3. The molecule has 20 rings (SSSR count). The van der Waals surface area contributed by atoms with Crippen LogP contribution in [0.3, 0.4) is 0 Å². The Labute approximate surface area is 737 Å². The summed E-state index contributed by atoms with van der Waals surface area (Å²) in [4.78, 5) is 100. The van der Waals surface area contributed by atoms with Gasteiger partial charge in [-0.1, -0.05) is 152 Å². The predicted molar refractivity (Wildman–Crippen MR) is 506 cm³/mol. The minimum atomic E-state index is -0.289. The zero-order chi connectivity index (χ0) is 88.9. The van der Waals surface area contributed by atoms with Gasteiger partial charge in [0.15, 0.2) is 28.9 Å². The smallest absolute Gasteiger partial charge is 0.263 e. The van der Waals surface area contributed by atoms with Crippen molar-refractivity contribution >= 4 is 145 Å². The van der Waals surface area contributed by atoms with E-state index >= 15 is 0 Å². The molecule has 0 saturated heterocycles. The summed E-state index contributed by atoms with van der Waals surface area (Å²) in [5, 5.41) is 36.6. The Bertz CT molecular complexity index is 7900. The van der Waals surface area contributed by atoms with Crippen molar-refractivity contribution in [3.8, 4) is 22.7 Å². The summed E-state index contributed by atoms with van der Waals surface area (Å²) >= 11 is 2.14. The van der Waals surface area contributed by atoms with Gasteiger partial charge in [0, 0.05) is 22.8 Å². The number of nitrogens with zero attached hydrogens (tertiary/aromatic N) is 20. The van der Waals surface area contributed by atoms with Gasteiger partial charge in [-0.3, -0.25) is 42.2 Å². The lowest BCUT2D eigenvalue weighted by atomic mass is 10.1. The SMILES string of the molecule is C=Cc1nn(Cc2cc3cccc(C)c3c(=O)n2-c2ccccc2C)c2ncnc(N)c12.Cc1ccccc1-n1c(Cn2nc(C=O)c3c(N)ncnc32)cc2cccc(C)c2c1=O.Cc1ccccc1-n1c(Cn2nc(CO)c3c(N)ncnc32)cc2cccc(C)c2c1=O.Cc1ccccc1-n1c(Cn2nc(I)c3c(N)ncnc32)cc2cccc(C)c2c1=O. The van der Waals surface area contributed by atoms with Crippen molar-refractivity contribution < 1.29 is 9.90 Å². The molecule has 0 aliphatic rings. The molecule has 0 amide bonds. The molecule has 0 fully saturated rings. The van der Waals surface area contributed by atoms with Crippen LogP contribution in [-0.2, 0) is 32.8 Å². The number of halogens is 1. The van der Waals surface area contributed by atoms with E-state index in [-0.39, 0.29) is 59.3 Å². The number of carbonyl (C=O) groups excluding carboxylic acids is 1. The number of aryl methyl sites for hydroxylation is 8. The van der Waals surface area contributed by atoms with Gasteiger partial charge in [-0.15, -0.1) is 0 Å². The van der Waals surface area contributed by atoms with Gasteiger partial charge < -0.3 is 28.0 Å². The number of anilines is 4. The molecule has 0 radical (unpaired) electrons. The van der Waals surface area contributed by atoms with Crippen molar-refractivity contribution in [2.45, 2.75) is 88.2 Å². The number of hydrogen-bond acceptors (Lipinski definition) is 22. The molecule has 9 N–H and O–H groups in total. The third-order valence-corrected chi connectivity index (χ3v) is 23.5. The highest BCUT2D eigenvalue weighted by Crippen LogP contribution is 2.33. The molecule has 31 heteroatoms. The Morgan fingerprint density at radius 2 is 0.598 bits per heavy atom. The lowest BCUT2D eigenvalue weighted by Crippen LogP contribution is -2.25. The van der Waals surface area contributed by atoms with Gasteiger partial charge in [0.2, 0.25) is 0 Å². The first-order valence-electron chi connectivity index (χ1n) is 40.5. The molecule has 0 atom stereocenters. The van der Waals surface area contributed by atoms with Crippen LogP contribution in [-0.4, -0.2) is 109 Å². The molecule has 0 aliphatic carbocycles. The molecule has 0 saturated carbocycles. The van der Waals surface area contributed by atoms with Gasteiger partial charge in [0.25, 0.3) is 22.2 Å². The number of benzene rings is 8. The summed E-state index contributed by atoms with van der Waals surface area (Å²) < 4.78 is 14.5. The van der Waals surface area contributed by atoms with Crippen LogP contribution in [0.2, 0.25) is 0 Å². The Balaban J connectivity index is 0.000000119. The largest absolute Gasteiger partial charge is 0.390 e. The summed E-state index contributed by atoms with van der Waals surface area (Å²) in [6.07, 6.45) is 7.83. The van der Waals surface area contributed by atoms with E-state index in [2.05, 4.69) is 95.5 Å². The highest BCUT2D eigenvalue weighted by Gasteiger charge is 2.26. The lowest BCUT2D eigenvalue weighted by molar-refractivity contribution is 0.111. The van der Waals surface area contributed by atoms with Crippen LogP contribution in [0.5, 0.6) is 0 Å². The number of hydrogen-bond donors (Lipinski definition) is 5. The highest BCUT2D eigenvalue weighted by molar-refractivity contribution is 14.1. The van der Waals surface area contributed by atoms with E-state index < -0.39 is 0 Å². The molecule has 0 aliphatic heterocycles. The van der Waals surface area contributed by atoms with E-state index in [1.54, 1.807) is 43.1 Å². The standard InChI is InChI=1S/C25H22N6O.C24H22N6O2.C24H20N6O2.C23H19IN6O/c1-4-19-22-23(26)27-14-28-24(22)30(29-19)13-18-12-17-10-7-9-16(3)21(17)25(32)31(18)20-11-6-5-8-15(20)2;2*1-14-6-3-4-9-19(14)30-17(10-16-8-5-7-15(2)20(16)24(30)32)11-29-23-21(18(12-31)28-29)22(25)26-13-27-23;1-13-6-3-4-9-17(13)30-16(10-15-8-5-7-14(2)18(15)23(30)31)11-29-22-19(20(24)28-29)21(25)26-12-27-22/h4-12,14H,1,13H2,2-3H3,(H2,26,27,28);3-10,13,31H,11-12H2,1-2H3,(H2,25,26,27);3-10,12-13H,11H2,1-2H3,(H2,25,26,27);3-10,12H,11H2,1-2H3,(H2,25,26,27). The first-order valence-corrected chi connectivity index (χ1v) is 41.5. The number of aliphatic hydroxyl groups is 1. The van der Waals surface area contributed by atoms with E-state index in [4.69, 9.17) is 22.9 Å². The van der Waals surface area contributed by atoms with Crippen molar-refractivity contribution in [1.29, 1.82) is 0 Å². The number of para-hydroxylation sites is 4. The predicted octanol–water partition coefficient (Wildman–Crippen LogP) is 14.1. The molecule has 20 aromatic rings. The van der Waals surface area contributed by atoms with Crippen molar-refractivity contribution in [3.63, 3.8) is 0 Å². The average molecular weight is 1800 g/mol. The lowest BCUT2D eigenvalue weighted by Gasteiger charge is -2.17. The molecule has 8 aromatic carbocycles. The topological polar surface area (TPSA) is 404 Å². The number of rotatable bonds is 15. The van der Waals surface area contributed by atoms with Crippen molar-refractivity contribution in [2.24, 2.45) is 0 Å². The number of carbonyl (C=O) groups is 1. The molecule has 0 bridgehead atoms. The Kier molecular flexibility index (Phi) is 22.6. The average Bonchev–Trinajstić information content (AvgIpc) is 1.61. The van der Waals surface area contributed by atoms with Crippen molar-refractivity contribution in [1.82, 2.24) is 97.3 Å². The zero-order valence-electron chi connectivity index (χ0n) is 70.3. The zero-order valence-corrected chi connectivity index (χ0v) is 72.5. The van der Waals surface area contributed by atoms with E-state index in [0.29, 0.717) is 103 Å². The van der Waals surface area contributed by atoms with Gasteiger partial charge in [0.05, 0.1) is 104 Å². The third kappa shape index (κ3) is 15.3. The fraction of sp³-hybridized carbons (Fsp3) is 0.135. The van der Waals surface area contributed by atoms with E-state index in [1.807, 2.05) is 243 Å². The van der Waals surface area contributed by atoms with Gasteiger partial charge in [-0.2, -0.15) is 20.4 Å². The fourth-order valence-corrected chi connectivity index (χ4v) is 17.5. The van der Waals surface area contributed by atoms with Gasteiger partial charge in [-0.25, -0.2) is 58.6 Å². The van der Waals surface area contributed by atoms with Crippen LogP contribution in [0.4, 0.5) is 23.3 Å². The van der Waals surface area contributed by atoms with Crippen molar-refractivity contribution in [2.75, 3.05) is 22.9 Å². The van der Waals surface area contributed by atoms with Gasteiger partial charge in [-0.05, 0) is 199 Å². The maximum Gasteiger partial charge on any atom is 0.263 e. The van der Waals surface area contributed by atoms with E-state index in [9.17, 15) is 29.1 Å². The number of aldehydes is 1. The monoisotopic (exact) mass is 1790 g/mol. The van der Waals surface area contributed by atoms with E-state index in [0.717, 1.165) is 120 Å². The second-order valence-electron chi connectivity index (χ2n) is 30.9. The number of aromatic nitrogens is 20. The van der Waals surface area contributed by atoms with Crippen molar-refractivity contribution in [3.05, 3.63) is 355 Å². The third-order valence-electron chi connectivity index (χ3n) is 22.8. The second-order valence-corrected chi connectivity index (χ2v) is 31.9. The Morgan fingerprint density at radius 3 is 0.913 bits per heavy atom. The number of nitrogen functional groups attached to an aromatic ring is 4. The normalized spacial score (nSPS) is 11.4. The highest BCUT2D eigenvalue weighted by atomic mass is 127. The van der Waals surface area contributed by atoms with Crippen LogP contribution in [0.25, 0.3) is 116 Å². The second kappa shape index (κ2) is 34.4. The summed E-state index contributed by atoms with van der Waals surface area (Å²) in [6.45, 7) is 20.5. The maximum absolute atomic E-state index is 13.8. The quantitative estimate of drug-likeness (QED) is 0.0470. The van der Waals surface area contributed by atoms with Crippen LogP contribution < -0.4 is 45.2 Å². The van der Waals surface area contributed by atoms with Crippen LogP contribution in [0, 0.1) is 59.1 Å². The molecule has 30 nitrogen and oxygen atoms in total. The van der Waals surface area contributed by atoms with Gasteiger partial charge in [0.1, 0.15) is 63.7 Å². The molecule has 630 valence electrons. The molecule has 12 heterocycles. The Morgan fingerprint density at radius 1 is 0.331 bits per heavy atom. The Hall–Kier alpha value is -15.9. The maximum atomic E-state index is 13.8. The number of aliphatic hydroxyl groups excluding tert-OH is 1. The molecular weight excluding hydrogens is 1710 g/mol. The van der Waals surface area contributed by atoms with Crippen LogP contribution >= 0.6 is 22.6 Å². The molecular formula is C96H83IN24O6. The molecule has 127 heavy (non-hydrogen) atoms. The van der Waals surface area contributed by atoms with Crippen LogP contribution in [0.1, 0.15) is 89.2 Å². The first-order chi connectivity index (χ1) is 61.4. The number of pyridine rings is 4. The minimum absolute atomic E-state index is 0.0415.